The fourth-order valence-corrected chi connectivity index (χ4v) is 4.21. The average molecular weight is 414 g/mol. The molecule has 144 valence electrons. The SMILES string of the molecule is Cc1cc(C(=O)CSc2ccc(Cl)cc2)c(C)n1Cc1ccc2c(c1)OCO2. The molecule has 0 saturated carbocycles. The Labute approximate surface area is 173 Å². The molecule has 0 amide bonds. The Morgan fingerprint density at radius 2 is 1.82 bits per heavy atom. The van der Waals surface area contributed by atoms with Crippen molar-refractivity contribution in [1.82, 2.24) is 4.57 Å². The number of thioether (sulfide) groups is 1. The van der Waals surface area contributed by atoms with E-state index in [1.807, 2.05) is 62.4 Å². The number of aromatic nitrogens is 1. The Morgan fingerprint density at radius 3 is 2.61 bits per heavy atom. The molecule has 6 heteroatoms. The predicted molar refractivity (Wildman–Crippen MR) is 112 cm³/mol. The van der Waals surface area contributed by atoms with Crippen LogP contribution >= 0.6 is 23.4 Å². The average Bonchev–Trinajstić information content (AvgIpc) is 3.26. The fraction of sp³-hybridized carbons (Fsp3) is 0.227. The van der Waals surface area contributed by atoms with E-state index in [1.54, 1.807) is 0 Å². The number of hydrogen-bond acceptors (Lipinski definition) is 4. The Morgan fingerprint density at radius 1 is 1.07 bits per heavy atom. The Bertz CT molecular complexity index is 1030. The summed E-state index contributed by atoms with van der Waals surface area (Å²) in [4.78, 5) is 13.8. The Kier molecular flexibility index (Phi) is 5.38. The highest BCUT2D eigenvalue weighted by Gasteiger charge is 2.18. The summed E-state index contributed by atoms with van der Waals surface area (Å²) >= 11 is 7.44. The van der Waals surface area contributed by atoms with Crippen LogP contribution in [-0.2, 0) is 6.54 Å². The molecule has 0 radical (unpaired) electrons. The molecule has 1 aromatic heterocycles. The van der Waals surface area contributed by atoms with Crippen LogP contribution < -0.4 is 9.47 Å². The van der Waals surface area contributed by atoms with Gasteiger partial charge in [-0.15, -0.1) is 11.8 Å². The first-order chi connectivity index (χ1) is 13.5. The second-order valence-corrected chi connectivity index (χ2v) is 8.21. The topological polar surface area (TPSA) is 40.5 Å². The summed E-state index contributed by atoms with van der Waals surface area (Å²) in [5.74, 6) is 2.08. The van der Waals surface area contributed by atoms with Crippen molar-refractivity contribution in [3.05, 3.63) is 76.1 Å². The van der Waals surface area contributed by atoms with Crippen molar-refractivity contribution in [2.45, 2.75) is 25.3 Å². The van der Waals surface area contributed by atoms with Gasteiger partial charge in [-0.2, -0.15) is 0 Å². The molecule has 1 aliphatic heterocycles. The Hall–Kier alpha value is -2.37. The number of fused-ring (bicyclic) bond motifs is 1. The number of carbonyl (C=O) groups excluding carboxylic acids is 1. The van der Waals surface area contributed by atoms with E-state index < -0.39 is 0 Å². The summed E-state index contributed by atoms with van der Waals surface area (Å²) in [6.45, 7) is 4.99. The van der Waals surface area contributed by atoms with Crippen LogP contribution in [0.5, 0.6) is 11.5 Å². The quantitative estimate of drug-likeness (QED) is 0.394. The van der Waals surface area contributed by atoms with E-state index in [2.05, 4.69) is 4.57 Å². The van der Waals surface area contributed by atoms with Gasteiger partial charge >= 0.3 is 0 Å². The number of ether oxygens (including phenoxy) is 2. The van der Waals surface area contributed by atoms with Crippen molar-refractivity contribution in [3.8, 4) is 11.5 Å². The molecular weight excluding hydrogens is 394 g/mol. The highest BCUT2D eigenvalue weighted by atomic mass is 35.5. The van der Waals surface area contributed by atoms with Gasteiger partial charge < -0.3 is 14.0 Å². The van der Waals surface area contributed by atoms with E-state index in [1.165, 1.54) is 11.8 Å². The second-order valence-electron chi connectivity index (χ2n) is 6.72. The lowest BCUT2D eigenvalue weighted by atomic mass is 10.1. The van der Waals surface area contributed by atoms with Gasteiger partial charge in [0.1, 0.15) is 0 Å². The van der Waals surface area contributed by atoms with E-state index in [0.29, 0.717) is 17.3 Å². The monoisotopic (exact) mass is 413 g/mol. The van der Waals surface area contributed by atoms with Gasteiger partial charge in [-0.1, -0.05) is 17.7 Å². The zero-order valence-corrected chi connectivity index (χ0v) is 17.3. The second kappa shape index (κ2) is 7.94. The van der Waals surface area contributed by atoms with Gasteiger partial charge in [-0.3, -0.25) is 4.79 Å². The maximum atomic E-state index is 12.8. The van der Waals surface area contributed by atoms with Crippen molar-refractivity contribution in [2.75, 3.05) is 12.5 Å². The number of hydrogen-bond donors (Lipinski definition) is 0. The number of aryl methyl sites for hydroxylation is 1. The third-order valence-electron chi connectivity index (χ3n) is 4.84. The van der Waals surface area contributed by atoms with Crippen LogP contribution in [0.1, 0.15) is 27.3 Å². The van der Waals surface area contributed by atoms with E-state index in [0.717, 1.165) is 38.9 Å². The first kappa shape index (κ1) is 19.0. The van der Waals surface area contributed by atoms with Crippen molar-refractivity contribution >= 4 is 29.1 Å². The Balaban J connectivity index is 1.48. The van der Waals surface area contributed by atoms with Crippen molar-refractivity contribution in [3.63, 3.8) is 0 Å². The highest BCUT2D eigenvalue weighted by molar-refractivity contribution is 8.00. The standard InChI is InChI=1S/C22H20ClNO3S/c1-14-9-19(20(25)12-28-18-6-4-17(23)5-7-18)15(2)24(14)11-16-3-8-21-22(10-16)27-13-26-21/h3-10H,11-13H2,1-2H3. The van der Waals surface area contributed by atoms with E-state index in [4.69, 9.17) is 21.1 Å². The van der Waals surface area contributed by atoms with E-state index >= 15 is 0 Å². The van der Waals surface area contributed by atoms with Crippen LogP contribution in [0, 0.1) is 13.8 Å². The lowest BCUT2D eigenvalue weighted by molar-refractivity contribution is 0.102. The molecule has 0 aliphatic carbocycles. The van der Waals surface area contributed by atoms with Gasteiger partial charge in [0.05, 0.1) is 5.75 Å². The minimum atomic E-state index is 0.130. The number of halogens is 1. The molecular formula is C22H20ClNO3S. The molecule has 4 rings (SSSR count). The smallest absolute Gasteiger partial charge is 0.231 e. The van der Waals surface area contributed by atoms with Crippen LogP contribution in [0.15, 0.2) is 53.4 Å². The lowest BCUT2D eigenvalue weighted by Crippen LogP contribution is -2.07. The first-order valence-electron chi connectivity index (χ1n) is 8.98. The van der Waals surface area contributed by atoms with Crippen molar-refractivity contribution in [1.29, 1.82) is 0 Å². The lowest BCUT2D eigenvalue weighted by Gasteiger charge is -2.11. The molecule has 0 saturated heterocycles. The van der Waals surface area contributed by atoms with Crippen LogP contribution in [0.3, 0.4) is 0 Å². The highest BCUT2D eigenvalue weighted by Crippen LogP contribution is 2.33. The number of nitrogens with zero attached hydrogens (tertiary/aromatic N) is 1. The number of ketones is 1. The number of carbonyl (C=O) groups is 1. The molecule has 0 unspecified atom stereocenters. The molecule has 4 nitrogen and oxygen atoms in total. The molecule has 0 spiro atoms. The molecule has 0 bridgehead atoms. The van der Waals surface area contributed by atoms with Crippen molar-refractivity contribution in [2.24, 2.45) is 0 Å². The number of Topliss-reactive ketones (excluding diaryl/α,β-unsaturated/α-hetero) is 1. The van der Waals surface area contributed by atoms with Crippen molar-refractivity contribution < 1.29 is 14.3 Å². The molecule has 0 atom stereocenters. The van der Waals surface area contributed by atoms with Gasteiger partial charge in [0.25, 0.3) is 0 Å². The molecule has 2 heterocycles. The molecule has 0 fully saturated rings. The summed E-state index contributed by atoms with van der Waals surface area (Å²) in [5, 5.41) is 0.697. The molecule has 2 aromatic carbocycles. The summed E-state index contributed by atoms with van der Waals surface area (Å²) < 4.78 is 13.0. The van der Waals surface area contributed by atoms with E-state index in [9.17, 15) is 4.79 Å². The van der Waals surface area contributed by atoms with Gasteiger partial charge in [-0.25, -0.2) is 0 Å². The first-order valence-corrected chi connectivity index (χ1v) is 10.3. The summed E-state index contributed by atoms with van der Waals surface area (Å²) in [5.41, 5.74) is 3.94. The third kappa shape index (κ3) is 3.91. The number of rotatable bonds is 6. The fourth-order valence-electron chi connectivity index (χ4n) is 3.31. The minimum absolute atomic E-state index is 0.130. The largest absolute Gasteiger partial charge is 0.454 e. The minimum Gasteiger partial charge on any atom is -0.454 e. The molecule has 0 N–H and O–H groups in total. The van der Waals surface area contributed by atoms with Gasteiger partial charge in [0.15, 0.2) is 17.3 Å². The van der Waals surface area contributed by atoms with Crippen LogP contribution in [0.2, 0.25) is 5.02 Å². The van der Waals surface area contributed by atoms with E-state index in [-0.39, 0.29) is 12.6 Å². The third-order valence-corrected chi connectivity index (χ3v) is 6.10. The van der Waals surface area contributed by atoms with Gasteiger partial charge in [-0.05, 0) is 61.9 Å². The molecule has 1 aliphatic rings. The normalized spacial score (nSPS) is 12.4. The number of benzene rings is 2. The summed E-state index contributed by atoms with van der Waals surface area (Å²) in [6.07, 6.45) is 0. The maximum absolute atomic E-state index is 12.8. The zero-order valence-electron chi connectivity index (χ0n) is 15.7. The van der Waals surface area contributed by atoms with Crippen LogP contribution in [0.25, 0.3) is 0 Å². The van der Waals surface area contributed by atoms with Gasteiger partial charge in [0, 0.05) is 33.4 Å². The van der Waals surface area contributed by atoms with Crippen LogP contribution in [-0.4, -0.2) is 22.9 Å². The zero-order chi connectivity index (χ0) is 19.7. The van der Waals surface area contributed by atoms with Gasteiger partial charge in [0.2, 0.25) is 6.79 Å². The predicted octanol–water partition coefficient (Wildman–Crippen LogP) is 5.51. The maximum Gasteiger partial charge on any atom is 0.231 e. The summed E-state index contributed by atoms with van der Waals surface area (Å²) in [6, 6.07) is 15.5. The summed E-state index contributed by atoms with van der Waals surface area (Å²) in [7, 11) is 0. The van der Waals surface area contributed by atoms with Crippen LogP contribution in [0.4, 0.5) is 0 Å². The molecule has 3 aromatic rings. The molecule has 28 heavy (non-hydrogen) atoms.